The molecule has 0 aliphatic carbocycles. The highest BCUT2D eigenvalue weighted by molar-refractivity contribution is 5.92. The molecule has 5 heteroatoms. The Morgan fingerprint density at radius 3 is 2.24 bits per heavy atom. The molecule has 0 aliphatic heterocycles. The molecule has 1 aromatic heterocycles. The zero-order chi connectivity index (χ0) is 20.9. The van der Waals surface area contributed by atoms with E-state index in [2.05, 4.69) is 36.3 Å². The van der Waals surface area contributed by atoms with Gasteiger partial charge in [-0.15, -0.1) is 0 Å². The SMILES string of the molecule is CCCNCCc1ccc(Oc2ccc(C(N)=O)cn2)cc1.Cc1ccccc1. The summed E-state index contributed by atoms with van der Waals surface area (Å²) in [4.78, 5) is 15.0. The molecule has 0 saturated heterocycles. The second kappa shape index (κ2) is 12.3. The molecular formula is C24H29N3O2. The number of primary amides is 1. The fraction of sp³-hybridized carbons (Fsp3) is 0.250. The number of carbonyl (C=O) groups excluding carboxylic acids is 1. The molecule has 0 unspecified atom stereocenters. The van der Waals surface area contributed by atoms with E-state index in [0.717, 1.165) is 25.9 Å². The van der Waals surface area contributed by atoms with Gasteiger partial charge in [-0.1, -0.05) is 55.0 Å². The molecule has 0 radical (unpaired) electrons. The predicted molar refractivity (Wildman–Crippen MR) is 117 cm³/mol. The number of pyridine rings is 1. The van der Waals surface area contributed by atoms with Gasteiger partial charge in [-0.3, -0.25) is 4.79 Å². The number of rotatable bonds is 8. The monoisotopic (exact) mass is 391 g/mol. The summed E-state index contributed by atoms with van der Waals surface area (Å²) in [5, 5.41) is 3.37. The molecule has 0 atom stereocenters. The first-order valence-electron chi connectivity index (χ1n) is 9.83. The summed E-state index contributed by atoms with van der Waals surface area (Å²) in [6.45, 7) is 6.27. The van der Waals surface area contributed by atoms with Gasteiger partial charge in [0.15, 0.2) is 0 Å². The van der Waals surface area contributed by atoms with Crippen LogP contribution in [0.25, 0.3) is 0 Å². The van der Waals surface area contributed by atoms with Gasteiger partial charge in [0.2, 0.25) is 11.8 Å². The minimum absolute atomic E-state index is 0.363. The Hall–Kier alpha value is -3.18. The van der Waals surface area contributed by atoms with Crippen LogP contribution in [0.15, 0.2) is 72.9 Å². The summed E-state index contributed by atoms with van der Waals surface area (Å²) < 4.78 is 5.63. The first kappa shape index (κ1) is 22.1. The van der Waals surface area contributed by atoms with E-state index in [1.807, 2.05) is 42.5 Å². The molecule has 5 nitrogen and oxygen atoms in total. The molecule has 0 aliphatic rings. The van der Waals surface area contributed by atoms with Crippen molar-refractivity contribution in [2.24, 2.45) is 5.73 Å². The molecule has 0 saturated carbocycles. The van der Waals surface area contributed by atoms with Gasteiger partial charge in [0.1, 0.15) is 5.75 Å². The average Bonchev–Trinajstić information content (AvgIpc) is 2.74. The van der Waals surface area contributed by atoms with Crippen molar-refractivity contribution < 1.29 is 9.53 Å². The zero-order valence-corrected chi connectivity index (χ0v) is 17.1. The third kappa shape index (κ3) is 8.58. The Kier molecular flexibility index (Phi) is 9.39. The van der Waals surface area contributed by atoms with Gasteiger partial charge in [-0.05, 0) is 56.6 Å². The molecule has 2 aromatic carbocycles. The third-order valence-corrected chi connectivity index (χ3v) is 4.12. The van der Waals surface area contributed by atoms with Crippen LogP contribution in [-0.2, 0) is 6.42 Å². The van der Waals surface area contributed by atoms with Gasteiger partial charge in [0, 0.05) is 12.3 Å². The normalized spacial score (nSPS) is 10.0. The predicted octanol–water partition coefficient (Wildman–Crippen LogP) is 4.51. The number of benzene rings is 2. The smallest absolute Gasteiger partial charge is 0.250 e. The summed E-state index contributed by atoms with van der Waals surface area (Å²) in [6.07, 6.45) is 3.55. The Morgan fingerprint density at radius 2 is 1.72 bits per heavy atom. The lowest BCUT2D eigenvalue weighted by Gasteiger charge is -2.07. The van der Waals surface area contributed by atoms with Crippen LogP contribution in [0.5, 0.6) is 11.6 Å². The van der Waals surface area contributed by atoms with Crippen molar-refractivity contribution in [1.29, 1.82) is 0 Å². The Bertz CT molecular complexity index is 848. The highest BCUT2D eigenvalue weighted by Gasteiger charge is 2.03. The first-order valence-corrected chi connectivity index (χ1v) is 9.83. The molecule has 152 valence electrons. The van der Waals surface area contributed by atoms with Crippen LogP contribution in [0.1, 0.15) is 34.8 Å². The lowest BCUT2D eigenvalue weighted by molar-refractivity contribution is 0.1000. The fourth-order valence-electron chi connectivity index (χ4n) is 2.50. The highest BCUT2D eigenvalue weighted by atomic mass is 16.5. The van der Waals surface area contributed by atoms with Gasteiger partial charge < -0.3 is 15.8 Å². The summed E-state index contributed by atoms with van der Waals surface area (Å²) in [7, 11) is 0. The Balaban J connectivity index is 0.000000360. The van der Waals surface area contributed by atoms with Crippen LogP contribution >= 0.6 is 0 Å². The van der Waals surface area contributed by atoms with Crippen LogP contribution in [0.3, 0.4) is 0 Å². The van der Waals surface area contributed by atoms with Gasteiger partial charge in [0.05, 0.1) is 5.56 Å². The van der Waals surface area contributed by atoms with Crippen molar-refractivity contribution in [2.75, 3.05) is 13.1 Å². The molecule has 3 rings (SSSR count). The van der Waals surface area contributed by atoms with Crippen LogP contribution in [0.2, 0.25) is 0 Å². The van der Waals surface area contributed by atoms with Gasteiger partial charge >= 0.3 is 0 Å². The summed E-state index contributed by atoms with van der Waals surface area (Å²) in [6, 6.07) is 21.4. The summed E-state index contributed by atoms with van der Waals surface area (Å²) in [5.41, 5.74) is 8.11. The molecular weight excluding hydrogens is 362 g/mol. The maximum absolute atomic E-state index is 11.0. The number of nitrogens with two attached hydrogens (primary N) is 1. The number of nitrogens with zero attached hydrogens (tertiary/aromatic N) is 1. The molecule has 0 bridgehead atoms. The number of nitrogens with one attached hydrogen (secondary N) is 1. The van der Waals surface area contributed by atoms with Crippen molar-refractivity contribution in [2.45, 2.75) is 26.7 Å². The van der Waals surface area contributed by atoms with Crippen molar-refractivity contribution in [3.63, 3.8) is 0 Å². The van der Waals surface area contributed by atoms with Crippen LogP contribution < -0.4 is 15.8 Å². The van der Waals surface area contributed by atoms with Crippen LogP contribution in [0, 0.1) is 6.92 Å². The number of ether oxygens (including phenoxy) is 1. The number of amides is 1. The minimum atomic E-state index is -0.500. The molecule has 1 amide bonds. The van der Waals surface area contributed by atoms with E-state index in [-0.39, 0.29) is 0 Å². The number of aryl methyl sites for hydroxylation is 1. The first-order chi connectivity index (χ1) is 14.1. The molecule has 3 aromatic rings. The zero-order valence-electron chi connectivity index (χ0n) is 17.1. The van der Waals surface area contributed by atoms with Gasteiger partial charge in [-0.25, -0.2) is 4.98 Å². The number of hydrogen-bond acceptors (Lipinski definition) is 4. The van der Waals surface area contributed by atoms with E-state index in [0.29, 0.717) is 17.2 Å². The fourth-order valence-corrected chi connectivity index (χ4v) is 2.50. The van der Waals surface area contributed by atoms with Gasteiger partial charge in [0.25, 0.3) is 0 Å². The molecule has 29 heavy (non-hydrogen) atoms. The second-order valence-electron chi connectivity index (χ2n) is 6.65. The molecule has 3 N–H and O–H groups in total. The van der Waals surface area contributed by atoms with E-state index in [9.17, 15) is 4.79 Å². The lowest BCUT2D eigenvalue weighted by atomic mass is 10.1. The average molecular weight is 392 g/mol. The minimum Gasteiger partial charge on any atom is -0.439 e. The van der Waals surface area contributed by atoms with E-state index < -0.39 is 5.91 Å². The van der Waals surface area contributed by atoms with E-state index in [1.165, 1.54) is 17.3 Å². The van der Waals surface area contributed by atoms with Crippen LogP contribution in [-0.4, -0.2) is 24.0 Å². The topological polar surface area (TPSA) is 77.2 Å². The number of aromatic nitrogens is 1. The Labute approximate surface area is 172 Å². The van der Waals surface area contributed by atoms with Crippen molar-refractivity contribution in [3.8, 4) is 11.6 Å². The quantitative estimate of drug-likeness (QED) is 0.554. The number of hydrogen-bond donors (Lipinski definition) is 2. The molecule has 0 fully saturated rings. The summed E-state index contributed by atoms with van der Waals surface area (Å²) in [5.74, 6) is 0.645. The van der Waals surface area contributed by atoms with Crippen molar-refractivity contribution >= 4 is 5.91 Å². The third-order valence-electron chi connectivity index (χ3n) is 4.12. The standard InChI is InChI=1S/C17H21N3O2.C7H8/c1-2-10-19-11-9-13-3-6-15(7-4-13)22-16-8-5-14(12-20-16)17(18)21;1-7-5-3-2-4-6-7/h3-8,12,19H,2,9-11H2,1H3,(H2,18,21);2-6H,1H3. The maximum Gasteiger partial charge on any atom is 0.250 e. The van der Waals surface area contributed by atoms with E-state index >= 15 is 0 Å². The maximum atomic E-state index is 11.0. The van der Waals surface area contributed by atoms with E-state index in [4.69, 9.17) is 10.5 Å². The molecule has 0 spiro atoms. The van der Waals surface area contributed by atoms with Gasteiger partial charge in [-0.2, -0.15) is 0 Å². The highest BCUT2D eigenvalue weighted by Crippen LogP contribution is 2.20. The molecule has 1 heterocycles. The van der Waals surface area contributed by atoms with Crippen molar-refractivity contribution in [3.05, 3.63) is 89.6 Å². The largest absolute Gasteiger partial charge is 0.439 e. The summed E-state index contributed by atoms with van der Waals surface area (Å²) >= 11 is 0. The Morgan fingerprint density at radius 1 is 1.00 bits per heavy atom. The van der Waals surface area contributed by atoms with E-state index in [1.54, 1.807) is 12.1 Å². The second-order valence-corrected chi connectivity index (χ2v) is 6.65. The van der Waals surface area contributed by atoms with Crippen molar-refractivity contribution in [1.82, 2.24) is 10.3 Å². The number of carbonyl (C=O) groups is 1. The van der Waals surface area contributed by atoms with Crippen LogP contribution in [0.4, 0.5) is 0 Å². The lowest BCUT2D eigenvalue weighted by Crippen LogP contribution is -2.17.